The molecule has 0 saturated carbocycles. The molecule has 3 heterocycles. The van der Waals surface area contributed by atoms with E-state index in [0.717, 1.165) is 5.76 Å². The summed E-state index contributed by atoms with van der Waals surface area (Å²) in [6, 6.07) is 1.74. The predicted octanol–water partition coefficient (Wildman–Crippen LogP) is 1.95. The van der Waals surface area contributed by atoms with Crippen LogP contribution in [-0.4, -0.2) is 34.9 Å². The largest absolute Gasteiger partial charge is 0.493 e. The highest BCUT2D eigenvalue weighted by Crippen LogP contribution is 2.33. The monoisotopic (exact) mass is 370 g/mol. The summed E-state index contributed by atoms with van der Waals surface area (Å²) in [5.41, 5.74) is 6.99. The molecule has 0 radical (unpaired) electrons. The van der Waals surface area contributed by atoms with Gasteiger partial charge >= 0.3 is 5.69 Å². The van der Waals surface area contributed by atoms with Crippen LogP contribution in [0.15, 0.2) is 46.7 Å². The quantitative estimate of drug-likeness (QED) is 0.744. The maximum Gasteiger partial charge on any atom is 0.326 e. The Morgan fingerprint density at radius 2 is 2.11 bits per heavy atom. The van der Waals surface area contributed by atoms with E-state index in [9.17, 15) is 4.79 Å². The molecule has 2 atom stereocenters. The Balaban J connectivity index is 1.83. The van der Waals surface area contributed by atoms with Crippen LogP contribution in [0.25, 0.3) is 11.0 Å². The molecule has 0 fully saturated rings. The van der Waals surface area contributed by atoms with E-state index >= 15 is 0 Å². The Labute approximate surface area is 155 Å². The zero-order chi connectivity index (χ0) is 19.0. The van der Waals surface area contributed by atoms with Crippen LogP contribution in [0.2, 0.25) is 0 Å². The topological polar surface area (TPSA) is 104 Å². The first-order valence-electron chi connectivity index (χ1n) is 8.84. The smallest absolute Gasteiger partial charge is 0.326 e. The van der Waals surface area contributed by atoms with Crippen LogP contribution in [0, 0.1) is 11.8 Å². The highest BCUT2D eigenvalue weighted by Gasteiger charge is 2.28. The number of pyridine rings is 1. The molecule has 4 bridgehead atoms. The molecule has 0 amide bonds. The second-order valence-electron chi connectivity index (χ2n) is 6.62. The molecule has 8 heteroatoms. The first-order valence-corrected chi connectivity index (χ1v) is 8.84. The zero-order valence-electron chi connectivity index (χ0n) is 15.3. The Bertz CT molecular complexity index is 1010. The first kappa shape index (κ1) is 17.3. The van der Waals surface area contributed by atoms with Crippen LogP contribution >= 0.6 is 0 Å². The number of allylic oxidation sites excluding steroid dienone is 3. The van der Waals surface area contributed by atoms with E-state index in [1.54, 1.807) is 17.7 Å². The summed E-state index contributed by atoms with van der Waals surface area (Å²) >= 11 is 0. The van der Waals surface area contributed by atoms with Crippen LogP contribution in [0.4, 0.5) is 5.82 Å². The highest BCUT2D eigenvalue weighted by atomic mass is 16.5. The molecular formula is C19H22N4O4. The molecule has 2 unspecified atom stereocenters. The van der Waals surface area contributed by atoms with Gasteiger partial charge in [0.25, 0.3) is 0 Å². The zero-order valence-corrected chi connectivity index (χ0v) is 15.3. The number of nitrogens with zero attached hydrogens (tertiary/aromatic N) is 2. The number of aromatic amines is 1. The van der Waals surface area contributed by atoms with Gasteiger partial charge in [0, 0.05) is 24.4 Å². The van der Waals surface area contributed by atoms with Gasteiger partial charge in [-0.15, -0.1) is 0 Å². The van der Waals surface area contributed by atoms with Gasteiger partial charge in [-0.05, 0) is 18.2 Å². The number of hydrogen-bond donors (Lipinski definition) is 2. The number of fused-ring (bicyclic) bond motifs is 3. The fourth-order valence-corrected chi connectivity index (χ4v) is 3.49. The Hall–Kier alpha value is -3.16. The van der Waals surface area contributed by atoms with Crippen LogP contribution in [0.1, 0.15) is 6.92 Å². The summed E-state index contributed by atoms with van der Waals surface area (Å²) in [6.45, 7) is 3.27. The van der Waals surface area contributed by atoms with Crippen molar-refractivity contribution in [2.24, 2.45) is 11.8 Å². The third-order valence-electron chi connectivity index (χ3n) is 5.01. The lowest BCUT2D eigenvalue weighted by molar-refractivity contribution is 0.153. The first-order chi connectivity index (χ1) is 13.1. The van der Waals surface area contributed by atoms with Crippen molar-refractivity contribution in [3.63, 3.8) is 0 Å². The van der Waals surface area contributed by atoms with Gasteiger partial charge < -0.3 is 24.9 Å². The van der Waals surface area contributed by atoms with Crippen molar-refractivity contribution < 1.29 is 14.2 Å². The minimum Gasteiger partial charge on any atom is -0.493 e. The molecule has 2 aromatic rings. The second kappa shape index (κ2) is 6.86. The lowest BCUT2D eigenvalue weighted by Crippen LogP contribution is -2.27. The van der Waals surface area contributed by atoms with Gasteiger partial charge in [0.15, 0.2) is 11.6 Å². The van der Waals surface area contributed by atoms with Crippen molar-refractivity contribution in [1.82, 2.24) is 14.5 Å². The maximum atomic E-state index is 12.6. The molecule has 27 heavy (non-hydrogen) atoms. The van der Waals surface area contributed by atoms with E-state index in [4.69, 9.17) is 19.9 Å². The van der Waals surface area contributed by atoms with Crippen LogP contribution in [-0.2, 0) is 16.0 Å². The fraction of sp³-hybridized carbons (Fsp3) is 0.368. The maximum absolute atomic E-state index is 12.6. The van der Waals surface area contributed by atoms with Crippen LogP contribution < -0.4 is 16.2 Å². The number of methoxy groups -OCH3 is 1. The molecule has 2 aliphatic rings. The molecule has 1 aliphatic carbocycles. The summed E-state index contributed by atoms with van der Waals surface area (Å²) in [6.07, 6.45) is 7.69. The standard InChI is InChI=1S/C19H22N4O4/c1-11-12-5-6-14(25-2)17(11)27-8-4-3-7-26-15-9-13-16(18(20)21-15)22-19(24)23(13)10-12/h3-6,9,11-12H,7-8,10H2,1-2H3,(H2,20,21)(H,22,24). The van der Waals surface area contributed by atoms with Crippen molar-refractivity contribution in [2.75, 3.05) is 26.1 Å². The van der Waals surface area contributed by atoms with Gasteiger partial charge in [-0.3, -0.25) is 4.57 Å². The Kier molecular flexibility index (Phi) is 4.39. The minimum absolute atomic E-state index is 0.0491. The molecule has 0 saturated heterocycles. The van der Waals surface area contributed by atoms with Crippen LogP contribution in [0.3, 0.4) is 0 Å². The summed E-state index contributed by atoms with van der Waals surface area (Å²) < 4.78 is 18.7. The van der Waals surface area contributed by atoms with Crippen LogP contribution in [0.5, 0.6) is 5.88 Å². The second-order valence-corrected chi connectivity index (χ2v) is 6.62. The molecule has 3 N–H and O–H groups in total. The van der Waals surface area contributed by atoms with E-state index in [-0.39, 0.29) is 23.3 Å². The van der Waals surface area contributed by atoms with Gasteiger partial charge in [-0.1, -0.05) is 13.0 Å². The molecule has 142 valence electrons. The van der Waals surface area contributed by atoms with Crippen molar-refractivity contribution in [2.45, 2.75) is 13.5 Å². The van der Waals surface area contributed by atoms with Crippen molar-refractivity contribution in [3.05, 3.63) is 52.4 Å². The van der Waals surface area contributed by atoms with E-state index in [0.29, 0.717) is 42.4 Å². The number of hydrogen-bond acceptors (Lipinski definition) is 6. The van der Waals surface area contributed by atoms with Crippen molar-refractivity contribution in [1.29, 1.82) is 0 Å². The van der Waals surface area contributed by atoms with Crippen molar-refractivity contribution >= 4 is 16.9 Å². The Morgan fingerprint density at radius 1 is 1.33 bits per heavy atom. The summed E-state index contributed by atoms with van der Waals surface area (Å²) in [4.78, 5) is 19.6. The average molecular weight is 370 g/mol. The lowest BCUT2D eigenvalue weighted by Gasteiger charge is -2.28. The number of imidazole rings is 1. The predicted molar refractivity (Wildman–Crippen MR) is 101 cm³/mol. The van der Waals surface area contributed by atoms with Gasteiger partial charge in [0.1, 0.15) is 24.5 Å². The molecule has 0 spiro atoms. The molecule has 0 aromatic carbocycles. The number of anilines is 1. The number of nitrogen functional groups attached to an aromatic ring is 1. The van der Waals surface area contributed by atoms with Gasteiger partial charge in [0.2, 0.25) is 5.88 Å². The Morgan fingerprint density at radius 3 is 2.89 bits per heavy atom. The van der Waals surface area contributed by atoms with Gasteiger partial charge in [0.05, 0.1) is 12.6 Å². The summed E-state index contributed by atoms with van der Waals surface area (Å²) in [7, 11) is 1.62. The van der Waals surface area contributed by atoms with E-state index in [1.165, 1.54) is 0 Å². The molecular weight excluding hydrogens is 348 g/mol. The molecule has 8 nitrogen and oxygen atoms in total. The lowest BCUT2D eigenvalue weighted by atomic mass is 9.87. The SMILES string of the molecule is COC1=C2OCC=CCOc3cc4c([nH]c(=O)n4CC(C=C1)C2C)c(N)n3. The third-order valence-corrected chi connectivity index (χ3v) is 5.01. The number of aromatic nitrogens is 3. The minimum atomic E-state index is -0.229. The van der Waals surface area contributed by atoms with E-state index in [1.807, 2.05) is 24.3 Å². The normalized spacial score (nSPS) is 22.4. The molecule has 2 aromatic heterocycles. The van der Waals surface area contributed by atoms with E-state index < -0.39 is 0 Å². The average Bonchev–Trinajstić information content (AvgIpc) is 2.96. The van der Waals surface area contributed by atoms with Gasteiger partial charge in [-0.25, -0.2) is 4.79 Å². The highest BCUT2D eigenvalue weighted by molar-refractivity contribution is 5.85. The number of nitrogens with one attached hydrogen (secondary N) is 1. The van der Waals surface area contributed by atoms with Gasteiger partial charge in [-0.2, -0.15) is 4.98 Å². The molecule has 1 aliphatic heterocycles. The third kappa shape index (κ3) is 3.07. The number of nitrogens with two attached hydrogens (primary N) is 1. The van der Waals surface area contributed by atoms with E-state index in [2.05, 4.69) is 16.9 Å². The van der Waals surface area contributed by atoms with Crippen molar-refractivity contribution in [3.8, 4) is 5.88 Å². The number of H-pyrrole nitrogens is 1. The summed E-state index contributed by atoms with van der Waals surface area (Å²) in [5.74, 6) is 2.21. The molecule has 4 rings (SSSR count). The summed E-state index contributed by atoms with van der Waals surface area (Å²) in [5, 5.41) is 0. The number of ether oxygens (including phenoxy) is 3. The number of rotatable bonds is 1. The fourth-order valence-electron chi connectivity index (χ4n) is 3.49.